The molecule has 0 bridgehead atoms. The lowest BCUT2D eigenvalue weighted by Gasteiger charge is -2.11. The summed E-state index contributed by atoms with van der Waals surface area (Å²) in [6.07, 6.45) is 1.87. The van der Waals surface area contributed by atoms with E-state index in [-0.39, 0.29) is 0 Å². The van der Waals surface area contributed by atoms with E-state index in [1.54, 1.807) is 0 Å². The third-order valence-electron chi connectivity index (χ3n) is 3.65. The van der Waals surface area contributed by atoms with Gasteiger partial charge in [0.05, 0.1) is 6.61 Å². The van der Waals surface area contributed by atoms with E-state index >= 15 is 0 Å². The molecule has 0 aliphatic rings. The molecule has 0 heterocycles. The molecule has 0 aromatic heterocycles. The van der Waals surface area contributed by atoms with Crippen molar-refractivity contribution in [3.63, 3.8) is 0 Å². The van der Waals surface area contributed by atoms with Gasteiger partial charge in [0.2, 0.25) is 8.03 Å². The van der Waals surface area contributed by atoms with Crippen LogP contribution in [0.15, 0.2) is 42.5 Å². The molecule has 0 spiro atoms. The molecule has 1 unspecified atom stereocenters. The topological polar surface area (TPSA) is 26.3 Å². The Hall–Kier alpha value is -1.37. The molecule has 21 heavy (non-hydrogen) atoms. The van der Waals surface area contributed by atoms with Gasteiger partial charge in [-0.05, 0) is 62.4 Å². The van der Waals surface area contributed by atoms with Gasteiger partial charge in [0.25, 0.3) is 0 Å². The molecule has 0 amide bonds. The molecule has 2 nitrogen and oxygen atoms in total. The first-order chi connectivity index (χ1) is 10.1. The van der Waals surface area contributed by atoms with Gasteiger partial charge in [-0.2, -0.15) is 0 Å². The van der Waals surface area contributed by atoms with Crippen molar-refractivity contribution in [2.24, 2.45) is 0 Å². The monoisotopic (exact) mass is 302 g/mol. The van der Waals surface area contributed by atoms with Crippen LogP contribution in [0.25, 0.3) is 0 Å². The molecule has 2 aromatic carbocycles. The third kappa shape index (κ3) is 4.56. The van der Waals surface area contributed by atoms with Crippen LogP contribution < -0.4 is 5.30 Å². The van der Waals surface area contributed by atoms with Gasteiger partial charge in [0.1, 0.15) is 0 Å². The standard InChI is InChI=1S/C18H23O2P/c1-14-12-15(2)18(16(3)13-14)10-7-11-20-21(19)17-8-5-4-6-9-17/h4-6,8-9,12-13,21H,7,10-11H2,1-3H3. The molecule has 0 saturated carbocycles. The maximum atomic E-state index is 12.0. The van der Waals surface area contributed by atoms with Crippen molar-refractivity contribution in [1.29, 1.82) is 0 Å². The summed E-state index contributed by atoms with van der Waals surface area (Å²) in [6.45, 7) is 6.98. The maximum Gasteiger partial charge on any atom is 0.220 e. The molecular weight excluding hydrogens is 279 g/mol. The van der Waals surface area contributed by atoms with Gasteiger partial charge in [-0.15, -0.1) is 0 Å². The molecule has 3 heteroatoms. The van der Waals surface area contributed by atoms with Gasteiger partial charge in [-0.25, -0.2) is 0 Å². The predicted molar refractivity (Wildman–Crippen MR) is 90.0 cm³/mol. The molecule has 0 fully saturated rings. The first-order valence-corrected chi connectivity index (χ1v) is 8.68. The summed E-state index contributed by atoms with van der Waals surface area (Å²) in [5.74, 6) is 0. The third-order valence-corrected chi connectivity index (χ3v) is 4.93. The van der Waals surface area contributed by atoms with Crippen LogP contribution in [-0.2, 0) is 15.5 Å². The number of hydrogen-bond acceptors (Lipinski definition) is 2. The normalized spacial score (nSPS) is 12.3. The molecular formula is C18H23O2P. The highest BCUT2D eigenvalue weighted by atomic mass is 31.1. The minimum absolute atomic E-state index is 0.541. The number of aryl methyl sites for hydroxylation is 3. The van der Waals surface area contributed by atoms with E-state index in [1.165, 1.54) is 22.3 Å². The van der Waals surface area contributed by atoms with Crippen LogP contribution in [0.1, 0.15) is 28.7 Å². The summed E-state index contributed by atoms with van der Waals surface area (Å²) >= 11 is 0. The quantitative estimate of drug-likeness (QED) is 0.585. The molecule has 0 N–H and O–H groups in total. The molecule has 0 aliphatic carbocycles. The maximum absolute atomic E-state index is 12.0. The van der Waals surface area contributed by atoms with E-state index in [9.17, 15) is 4.57 Å². The largest absolute Gasteiger partial charge is 0.327 e. The van der Waals surface area contributed by atoms with Gasteiger partial charge in [0.15, 0.2) is 0 Å². The second-order valence-electron chi connectivity index (χ2n) is 5.48. The van der Waals surface area contributed by atoms with Crippen LogP contribution in [0.2, 0.25) is 0 Å². The lowest BCUT2D eigenvalue weighted by molar-refractivity contribution is 0.328. The minimum atomic E-state index is -2.10. The van der Waals surface area contributed by atoms with E-state index < -0.39 is 8.03 Å². The molecule has 0 aliphatic heterocycles. The Kier molecular flexibility index (Phi) is 5.78. The van der Waals surface area contributed by atoms with Gasteiger partial charge >= 0.3 is 0 Å². The van der Waals surface area contributed by atoms with E-state index in [0.29, 0.717) is 6.61 Å². The van der Waals surface area contributed by atoms with Crippen molar-refractivity contribution in [3.8, 4) is 0 Å². The van der Waals surface area contributed by atoms with Crippen molar-refractivity contribution in [3.05, 3.63) is 64.7 Å². The number of hydrogen-bond donors (Lipinski definition) is 0. The fraction of sp³-hybridized carbons (Fsp3) is 0.333. The zero-order valence-corrected chi connectivity index (χ0v) is 14.0. The Balaban J connectivity index is 1.84. The zero-order chi connectivity index (χ0) is 15.2. The predicted octanol–water partition coefficient (Wildman–Crippen LogP) is 4.36. The van der Waals surface area contributed by atoms with Crippen LogP contribution in [0, 0.1) is 20.8 Å². The summed E-state index contributed by atoms with van der Waals surface area (Å²) in [7, 11) is -2.10. The van der Waals surface area contributed by atoms with Crippen LogP contribution in [0.5, 0.6) is 0 Å². The van der Waals surface area contributed by atoms with Crippen molar-refractivity contribution < 1.29 is 9.09 Å². The average molecular weight is 302 g/mol. The summed E-state index contributed by atoms with van der Waals surface area (Å²) in [4.78, 5) is 0. The Bertz CT molecular complexity index is 597. The van der Waals surface area contributed by atoms with Crippen molar-refractivity contribution in [2.75, 3.05) is 6.61 Å². The van der Waals surface area contributed by atoms with Gasteiger partial charge in [-0.1, -0.05) is 35.9 Å². The van der Waals surface area contributed by atoms with Crippen molar-refractivity contribution in [1.82, 2.24) is 0 Å². The molecule has 112 valence electrons. The van der Waals surface area contributed by atoms with E-state index in [2.05, 4.69) is 32.9 Å². The van der Waals surface area contributed by atoms with E-state index in [0.717, 1.165) is 18.1 Å². The van der Waals surface area contributed by atoms with Crippen LogP contribution in [0.3, 0.4) is 0 Å². The fourth-order valence-electron chi connectivity index (χ4n) is 2.68. The fourth-order valence-corrected chi connectivity index (χ4v) is 3.64. The highest BCUT2D eigenvalue weighted by molar-refractivity contribution is 7.48. The van der Waals surface area contributed by atoms with Crippen LogP contribution in [0.4, 0.5) is 0 Å². The lowest BCUT2D eigenvalue weighted by atomic mass is 9.96. The lowest BCUT2D eigenvalue weighted by Crippen LogP contribution is -2.01. The highest BCUT2D eigenvalue weighted by Crippen LogP contribution is 2.23. The summed E-state index contributed by atoms with van der Waals surface area (Å²) < 4.78 is 17.5. The van der Waals surface area contributed by atoms with Gasteiger partial charge in [-0.3, -0.25) is 4.57 Å². The highest BCUT2D eigenvalue weighted by Gasteiger charge is 2.06. The minimum Gasteiger partial charge on any atom is -0.327 e. The molecule has 2 aromatic rings. The molecule has 0 saturated heterocycles. The van der Waals surface area contributed by atoms with Crippen molar-refractivity contribution in [2.45, 2.75) is 33.6 Å². The SMILES string of the molecule is Cc1cc(C)c(CCCO[PH](=O)c2ccccc2)c(C)c1. The molecule has 0 radical (unpaired) electrons. The first-order valence-electron chi connectivity index (χ1n) is 7.37. The molecule has 2 rings (SSSR count). The number of rotatable bonds is 6. The second-order valence-corrected chi connectivity index (χ2v) is 6.92. The number of benzene rings is 2. The average Bonchev–Trinajstić information content (AvgIpc) is 2.46. The van der Waals surface area contributed by atoms with E-state index in [4.69, 9.17) is 4.52 Å². The van der Waals surface area contributed by atoms with Crippen LogP contribution >= 0.6 is 8.03 Å². The Morgan fingerprint density at radius 3 is 2.24 bits per heavy atom. The Morgan fingerprint density at radius 1 is 1.00 bits per heavy atom. The molecule has 1 atom stereocenters. The van der Waals surface area contributed by atoms with E-state index in [1.807, 2.05) is 30.3 Å². The van der Waals surface area contributed by atoms with Crippen LogP contribution in [-0.4, -0.2) is 6.61 Å². The summed E-state index contributed by atoms with van der Waals surface area (Å²) in [5, 5.41) is 0.796. The van der Waals surface area contributed by atoms with Gasteiger partial charge < -0.3 is 4.52 Å². The Morgan fingerprint density at radius 2 is 1.62 bits per heavy atom. The first kappa shape index (κ1) is 16.0. The van der Waals surface area contributed by atoms with Crippen molar-refractivity contribution >= 4 is 13.3 Å². The second kappa shape index (κ2) is 7.59. The Labute approximate surface area is 128 Å². The summed E-state index contributed by atoms with van der Waals surface area (Å²) in [6, 6.07) is 13.8. The smallest absolute Gasteiger partial charge is 0.220 e. The van der Waals surface area contributed by atoms with Gasteiger partial charge in [0, 0.05) is 5.30 Å². The summed E-state index contributed by atoms with van der Waals surface area (Å²) in [5.41, 5.74) is 5.37. The zero-order valence-electron chi connectivity index (χ0n) is 13.0.